The Kier molecular flexibility index (Phi) is 4.59. The predicted octanol–water partition coefficient (Wildman–Crippen LogP) is 1.53. The fourth-order valence-electron chi connectivity index (χ4n) is 2.21. The number of urea groups is 1. The van der Waals surface area contributed by atoms with Crippen LogP contribution in [-0.2, 0) is 6.54 Å². The lowest BCUT2D eigenvalue weighted by atomic mass is 10.2. The molecule has 98 valence electrons. The van der Waals surface area contributed by atoms with E-state index in [9.17, 15) is 4.79 Å². The molecule has 1 aromatic rings. The van der Waals surface area contributed by atoms with Crippen molar-refractivity contribution in [2.45, 2.75) is 13.5 Å². The number of piperazine rings is 1. The first-order chi connectivity index (χ1) is 8.79. The summed E-state index contributed by atoms with van der Waals surface area (Å²) in [5.41, 5.74) is 1.34. The molecule has 2 rings (SSSR count). The van der Waals surface area contributed by atoms with Crippen LogP contribution >= 0.6 is 0 Å². The maximum Gasteiger partial charge on any atom is 0.317 e. The van der Waals surface area contributed by atoms with Crippen molar-refractivity contribution in [3.8, 4) is 0 Å². The van der Waals surface area contributed by atoms with Gasteiger partial charge in [-0.25, -0.2) is 4.79 Å². The maximum atomic E-state index is 11.7. The summed E-state index contributed by atoms with van der Waals surface area (Å²) in [4.78, 5) is 15.9. The Balaban J connectivity index is 1.78. The molecule has 4 heteroatoms. The molecule has 0 spiro atoms. The lowest BCUT2D eigenvalue weighted by molar-refractivity contribution is 0.135. The average Bonchev–Trinajstić information content (AvgIpc) is 2.41. The summed E-state index contributed by atoms with van der Waals surface area (Å²) in [6, 6.07) is 10.5. The number of amides is 2. The Morgan fingerprint density at radius 1 is 1.17 bits per heavy atom. The highest BCUT2D eigenvalue weighted by atomic mass is 16.2. The molecule has 2 amide bonds. The van der Waals surface area contributed by atoms with Gasteiger partial charge in [0, 0.05) is 39.3 Å². The van der Waals surface area contributed by atoms with Crippen LogP contribution in [0.15, 0.2) is 30.3 Å². The second kappa shape index (κ2) is 6.40. The molecule has 1 fully saturated rings. The molecule has 18 heavy (non-hydrogen) atoms. The van der Waals surface area contributed by atoms with Crippen molar-refractivity contribution in [2.75, 3.05) is 32.7 Å². The van der Waals surface area contributed by atoms with Gasteiger partial charge in [0.1, 0.15) is 0 Å². The second-order valence-corrected chi connectivity index (χ2v) is 4.58. The third-order valence-corrected chi connectivity index (χ3v) is 3.24. The number of carbonyl (C=O) groups excluding carboxylic acids is 1. The number of nitrogens with zero attached hydrogens (tertiary/aromatic N) is 2. The minimum Gasteiger partial charge on any atom is -0.338 e. The van der Waals surface area contributed by atoms with E-state index in [1.807, 2.05) is 17.9 Å². The van der Waals surface area contributed by atoms with Gasteiger partial charge >= 0.3 is 6.03 Å². The highest BCUT2D eigenvalue weighted by Gasteiger charge is 2.20. The summed E-state index contributed by atoms with van der Waals surface area (Å²) in [5.74, 6) is 0. The quantitative estimate of drug-likeness (QED) is 0.879. The molecule has 0 bridgehead atoms. The minimum atomic E-state index is 0.0665. The zero-order chi connectivity index (χ0) is 12.8. The molecular weight excluding hydrogens is 226 g/mol. The largest absolute Gasteiger partial charge is 0.338 e. The molecule has 4 nitrogen and oxygen atoms in total. The first-order valence-electron chi connectivity index (χ1n) is 6.58. The molecule has 0 saturated carbocycles. The van der Waals surface area contributed by atoms with Crippen LogP contribution in [0.1, 0.15) is 12.5 Å². The zero-order valence-electron chi connectivity index (χ0n) is 10.9. The van der Waals surface area contributed by atoms with Gasteiger partial charge in [-0.1, -0.05) is 30.3 Å². The van der Waals surface area contributed by atoms with Gasteiger partial charge in [0.05, 0.1) is 0 Å². The van der Waals surface area contributed by atoms with Crippen molar-refractivity contribution in [2.24, 2.45) is 0 Å². The number of carbonyl (C=O) groups is 1. The van der Waals surface area contributed by atoms with E-state index in [-0.39, 0.29) is 6.03 Å². The Bertz CT molecular complexity index is 372. The van der Waals surface area contributed by atoms with E-state index < -0.39 is 0 Å². The third kappa shape index (κ3) is 3.47. The number of hydrogen-bond acceptors (Lipinski definition) is 2. The van der Waals surface area contributed by atoms with E-state index in [1.54, 1.807) is 0 Å². The van der Waals surface area contributed by atoms with Gasteiger partial charge < -0.3 is 10.2 Å². The van der Waals surface area contributed by atoms with Crippen LogP contribution in [0.2, 0.25) is 0 Å². The van der Waals surface area contributed by atoms with E-state index in [0.29, 0.717) is 6.54 Å². The fourth-order valence-corrected chi connectivity index (χ4v) is 2.21. The van der Waals surface area contributed by atoms with Crippen LogP contribution in [0, 0.1) is 0 Å². The first kappa shape index (κ1) is 12.9. The van der Waals surface area contributed by atoms with Gasteiger partial charge in [-0.2, -0.15) is 0 Å². The van der Waals surface area contributed by atoms with Crippen molar-refractivity contribution >= 4 is 6.03 Å². The lowest BCUT2D eigenvalue weighted by Gasteiger charge is -2.34. The number of hydrogen-bond donors (Lipinski definition) is 1. The smallest absolute Gasteiger partial charge is 0.317 e. The molecule has 1 aliphatic heterocycles. The molecule has 1 N–H and O–H groups in total. The Labute approximate surface area is 109 Å². The van der Waals surface area contributed by atoms with Crippen LogP contribution < -0.4 is 5.32 Å². The Morgan fingerprint density at radius 2 is 1.83 bits per heavy atom. The van der Waals surface area contributed by atoms with Crippen molar-refractivity contribution in [1.82, 2.24) is 15.1 Å². The Morgan fingerprint density at radius 3 is 2.44 bits per heavy atom. The van der Waals surface area contributed by atoms with Gasteiger partial charge in [0.25, 0.3) is 0 Å². The highest BCUT2D eigenvalue weighted by Crippen LogP contribution is 2.08. The number of benzene rings is 1. The van der Waals surface area contributed by atoms with Crippen LogP contribution in [0.4, 0.5) is 4.79 Å². The zero-order valence-corrected chi connectivity index (χ0v) is 10.9. The van der Waals surface area contributed by atoms with Gasteiger partial charge in [-0.3, -0.25) is 4.90 Å². The summed E-state index contributed by atoms with van der Waals surface area (Å²) >= 11 is 0. The minimum absolute atomic E-state index is 0.0665. The van der Waals surface area contributed by atoms with E-state index >= 15 is 0 Å². The van der Waals surface area contributed by atoms with Crippen LogP contribution in [0.3, 0.4) is 0 Å². The molecule has 0 unspecified atom stereocenters. The summed E-state index contributed by atoms with van der Waals surface area (Å²) in [5, 5.41) is 2.85. The normalized spacial score (nSPS) is 16.6. The molecule has 1 aromatic carbocycles. The predicted molar refractivity (Wildman–Crippen MR) is 72.4 cm³/mol. The summed E-state index contributed by atoms with van der Waals surface area (Å²) in [6.07, 6.45) is 0. The van der Waals surface area contributed by atoms with Crippen molar-refractivity contribution in [1.29, 1.82) is 0 Å². The molecule has 0 radical (unpaired) electrons. The molecule has 1 aliphatic rings. The van der Waals surface area contributed by atoms with Crippen molar-refractivity contribution < 1.29 is 4.79 Å². The van der Waals surface area contributed by atoms with E-state index in [0.717, 1.165) is 32.7 Å². The first-order valence-corrected chi connectivity index (χ1v) is 6.58. The van der Waals surface area contributed by atoms with E-state index in [1.165, 1.54) is 5.56 Å². The molecule has 0 aliphatic carbocycles. The standard InChI is InChI=1S/C14H21N3O/c1-2-15-14(18)17-10-8-16(9-11-17)12-13-6-4-3-5-7-13/h3-7H,2,8-12H2,1H3,(H,15,18). The second-order valence-electron chi connectivity index (χ2n) is 4.58. The topological polar surface area (TPSA) is 35.6 Å². The average molecular weight is 247 g/mol. The SMILES string of the molecule is CCNC(=O)N1CCN(Cc2ccccc2)CC1. The molecule has 0 aromatic heterocycles. The molecular formula is C14H21N3O. The Hall–Kier alpha value is -1.55. The molecule has 0 atom stereocenters. The van der Waals surface area contributed by atoms with E-state index in [4.69, 9.17) is 0 Å². The monoisotopic (exact) mass is 247 g/mol. The van der Waals surface area contributed by atoms with Crippen LogP contribution in [0.5, 0.6) is 0 Å². The van der Waals surface area contributed by atoms with Gasteiger partial charge in [0.15, 0.2) is 0 Å². The fraction of sp³-hybridized carbons (Fsp3) is 0.500. The lowest BCUT2D eigenvalue weighted by Crippen LogP contribution is -2.51. The highest BCUT2D eigenvalue weighted by molar-refractivity contribution is 5.74. The van der Waals surface area contributed by atoms with Gasteiger partial charge in [0.2, 0.25) is 0 Å². The maximum absolute atomic E-state index is 11.7. The van der Waals surface area contributed by atoms with Crippen molar-refractivity contribution in [3.05, 3.63) is 35.9 Å². The van der Waals surface area contributed by atoms with E-state index in [2.05, 4.69) is 34.5 Å². The van der Waals surface area contributed by atoms with Gasteiger partial charge in [-0.05, 0) is 12.5 Å². The van der Waals surface area contributed by atoms with Crippen molar-refractivity contribution in [3.63, 3.8) is 0 Å². The summed E-state index contributed by atoms with van der Waals surface area (Å²) in [6.45, 7) is 7.16. The van der Waals surface area contributed by atoms with Crippen LogP contribution in [0.25, 0.3) is 0 Å². The molecule has 1 heterocycles. The molecule has 1 saturated heterocycles. The third-order valence-electron chi connectivity index (χ3n) is 3.24. The number of nitrogens with one attached hydrogen (secondary N) is 1. The number of rotatable bonds is 3. The summed E-state index contributed by atoms with van der Waals surface area (Å²) < 4.78 is 0. The summed E-state index contributed by atoms with van der Waals surface area (Å²) in [7, 11) is 0. The van der Waals surface area contributed by atoms with Crippen LogP contribution in [-0.4, -0.2) is 48.6 Å². The van der Waals surface area contributed by atoms with Gasteiger partial charge in [-0.15, -0.1) is 0 Å².